The summed E-state index contributed by atoms with van der Waals surface area (Å²) < 4.78 is 12.9. The highest BCUT2D eigenvalue weighted by Crippen LogP contribution is 2.15. The van der Waals surface area contributed by atoms with Gasteiger partial charge in [0, 0.05) is 18.8 Å². The van der Waals surface area contributed by atoms with E-state index in [1.165, 1.54) is 41.6 Å². The highest BCUT2D eigenvalue weighted by molar-refractivity contribution is 8.01. The van der Waals surface area contributed by atoms with Crippen LogP contribution in [0.15, 0.2) is 48.5 Å². The van der Waals surface area contributed by atoms with E-state index in [9.17, 15) is 14.0 Å². The summed E-state index contributed by atoms with van der Waals surface area (Å²) in [6.07, 6.45) is 0. The molecule has 0 saturated carbocycles. The average molecular weight is 432 g/mol. The van der Waals surface area contributed by atoms with Gasteiger partial charge in [-0.05, 0) is 55.4 Å². The van der Waals surface area contributed by atoms with Gasteiger partial charge in [-0.15, -0.1) is 11.8 Å². The predicted octanol–water partition coefficient (Wildman–Crippen LogP) is 4.04. The second-order valence-electron chi connectivity index (χ2n) is 6.96. The molecule has 2 aromatic rings. The van der Waals surface area contributed by atoms with E-state index >= 15 is 0 Å². The maximum Gasteiger partial charge on any atom is 0.234 e. The smallest absolute Gasteiger partial charge is 0.234 e. The lowest BCUT2D eigenvalue weighted by molar-refractivity contribution is -0.120. The molecule has 1 unspecified atom stereocenters. The lowest BCUT2D eigenvalue weighted by Crippen LogP contribution is -2.32. The van der Waals surface area contributed by atoms with Crippen LogP contribution in [-0.2, 0) is 22.7 Å². The molecule has 2 amide bonds. The first-order valence-electron chi connectivity index (χ1n) is 10.2. The molecule has 0 bridgehead atoms. The van der Waals surface area contributed by atoms with E-state index in [2.05, 4.69) is 35.4 Å². The normalized spacial score (nSPS) is 11.9. The number of hydrogen-bond donors (Lipinski definition) is 2. The molecule has 2 N–H and O–H groups in total. The molecule has 0 heterocycles. The number of nitrogens with one attached hydrogen (secondary N) is 2. The molecular formula is C23H30FN3O2S. The maximum atomic E-state index is 12.9. The molecule has 0 aliphatic heterocycles. The molecule has 30 heavy (non-hydrogen) atoms. The summed E-state index contributed by atoms with van der Waals surface area (Å²) in [6, 6.07) is 13.7. The van der Waals surface area contributed by atoms with Gasteiger partial charge in [0.25, 0.3) is 0 Å². The molecule has 7 heteroatoms. The molecule has 1 atom stereocenters. The van der Waals surface area contributed by atoms with Crippen LogP contribution in [0.3, 0.4) is 0 Å². The van der Waals surface area contributed by atoms with Crippen LogP contribution in [0.5, 0.6) is 0 Å². The summed E-state index contributed by atoms with van der Waals surface area (Å²) in [5, 5.41) is 5.31. The van der Waals surface area contributed by atoms with Gasteiger partial charge < -0.3 is 10.6 Å². The fraction of sp³-hybridized carbons (Fsp3) is 0.391. The Morgan fingerprint density at radius 3 is 2.30 bits per heavy atom. The van der Waals surface area contributed by atoms with Crippen LogP contribution in [0.2, 0.25) is 0 Å². The summed E-state index contributed by atoms with van der Waals surface area (Å²) in [5.74, 6) is -0.542. The van der Waals surface area contributed by atoms with Crippen LogP contribution in [0.4, 0.5) is 10.1 Å². The number of anilines is 1. The SMILES string of the molecule is CCN(CC)Cc1ccccc1CNC(=O)C(C)SCC(=O)Nc1ccc(F)cc1. The zero-order chi connectivity index (χ0) is 21.9. The number of halogens is 1. The largest absolute Gasteiger partial charge is 0.351 e. The van der Waals surface area contributed by atoms with Crippen molar-refractivity contribution in [2.45, 2.75) is 39.1 Å². The van der Waals surface area contributed by atoms with Gasteiger partial charge in [0.1, 0.15) is 5.82 Å². The molecule has 0 aliphatic carbocycles. The Bertz CT molecular complexity index is 825. The molecule has 0 saturated heterocycles. The van der Waals surface area contributed by atoms with Crippen molar-refractivity contribution in [3.8, 4) is 0 Å². The van der Waals surface area contributed by atoms with Crippen molar-refractivity contribution in [3.05, 3.63) is 65.5 Å². The quantitative estimate of drug-likeness (QED) is 0.564. The Hall–Kier alpha value is -2.38. The summed E-state index contributed by atoms with van der Waals surface area (Å²) in [5.41, 5.74) is 2.84. The molecule has 2 aromatic carbocycles. The standard InChI is InChI=1S/C23H30FN3O2S/c1-4-27(5-2)15-19-9-7-6-8-18(19)14-25-23(29)17(3)30-16-22(28)26-21-12-10-20(24)11-13-21/h6-13,17H,4-5,14-16H2,1-3H3,(H,25,29)(H,26,28). The van der Waals surface area contributed by atoms with Crippen molar-refractivity contribution in [3.63, 3.8) is 0 Å². The van der Waals surface area contributed by atoms with Gasteiger partial charge in [0.15, 0.2) is 0 Å². The monoisotopic (exact) mass is 431 g/mol. The van der Waals surface area contributed by atoms with Gasteiger partial charge in [0.05, 0.1) is 11.0 Å². The van der Waals surface area contributed by atoms with Crippen molar-refractivity contribution in [1.82, 2.24) is 10.2 Å². The Morgan fingerprint density at radius 2 is 1.67 bits per heavy atom. The van der Waals surface area contributed by atoms with Crippen molar-refractivity contribution in [2.75, 3.05) is 24.2 Å². The number of hydrogen-bond acceptors (Lipinski definition) is 4. The minimum atomic E-state index is -0.362. The van der Waals surface area contributed by atoms with Crippen LogP contribution >= 0.6 is 11.8 Å². The number of thioether (sulfide) groups is 1. The van der Waals surface area contributed by atoms with Crippen molar-refractivity contribution in [2.24, 2.45) is 0 Å². The zero-order valence-electron chi connectivity index (χ0n) is 17.8. The Labute approximate surface area is 182 Å². The van der Waals surface area contributed by atoms with E-state index in [0.717, 1.165) is 25.2 Å². The molecular weight excluding hydrogens is 401 g/mol. The lowest BCUT2D eigenvalue weighted by Gasteiger charge is -2.20. The van der Waals surface area contributed by atoms with Gasteiger partial charge in [-0.2, -0.15) is 0 Å². The van der Waals surface area contributed by atoms with E-state index in [1.54, 1.807) is 6.92 Å². The van der Waals surface area contributed by atoms with Crippen LogP contribution in [-0.4, -0.2) is 40.8 Å². The first kappa shape index (κ1) is 23.9. The van der Waals surface area contributed by atoms with Gasteiger partial charge in [-0.25, -0.2) is 4.39 Å². The fourth-order valence-corrected chi connectivity index (χ4v) is 3.61. The highest BCUT2D eigenvalue weighted by atomic mass is 32.2. The van der Waals surface area contributed by atoms with Gasteiger partial charge in [-0.1, -0.05) is 38.1 Å². The van der Waals surface area contributed by atoms with Crippen molar-refractivity contribution >= 4 is 29.3 Å². The minimum absolute atomic E-state index is 0.104. The second-order valence-corrected chi connectivity index (χ2v) is 8.29. The molecule has 5 nitrogen and oxygen atoms in total. The van der Waals surface area contributed by atoms with Crippen LogP contribution in [0, 0.1) is 5.82 Å². The average Bonchev–Trinajstić information content (AvgIpc) is 2.76. The first-order chi connectivity index (χ1) is 14.4. The van der Waals surface area contributed by atoms with Gasteiger partial charge in [-0.3, -0.25) is 14.5 Å². The van der Waals surface area contributed by atoms with Gasteiger partial charge in [0.2, 0.25) is 11.8 Å². The molecule has 2 rings (SSSR count). The van der Waals surface area contributed by atoms with Crippen LogP contribution in [0.1, 0.15) is 31.9 Å². The molecule has 0 aromatic heterocycles. The zero-order valence-corrected chi connectivity index (χ0v) is 18.6. The van der Waals surface area contributed by atoms with E-state index in [-0.39, 0.29) is 28.6 Å². The van der Waals surface area contributed by atoms with Crippen LogP contribution < -0.4 is 10.6 Å². The first-order valence-corrected chi connectivity index (χ1v) is 11.2. The number of benzene rings is 2. The number of nitrogens with zero attached hydrogens (tertiary/aromatic N) is 1. The van der Waals surface area contributed by atoms with E-state index in [4.69, 9.17) is 0 Å². The molecule has 0 radical (unpaired) electrons. The maximum absolute atomic E-state index is 12.9. The Balaban J connectivity index is 1.80. The number of carbonyl (C=O) groups is 2. The van der Waals surface area contributed by atoms with Gasteiger partial charge >= 0.3 is 0 Å². The molecule has 0 spiro atoms. The topological polar surface area (TPSA) is 61.4 Å². The summed E-state index contributed by atoms with van der Waals surface area (Å²) in [6.45, 7) is 9.33. The van der Waals surface area contributed by atoms with E-state index < -0.39 is 0 Å². The summed E-state index contributed by atoms with van der Waals surface area (Å²) in [7, 11) is 0. The molecule has 162 valence electrons. The minimum Gasteiger partial charge on any atom is -0.351 e. The third-order valence-corrected chi connectivity index (χ3v) is 5.96. The van der Waals surface area contributed by atoms with E-state index in [1.807, 2.05) is 18.2 Å². The van der Waals surface area contributed by atoms with Crippen LogP contribution in [0.25, 0.3) is 0 Å². The summed E-state index contributed by atoms with van der Waals surface area (Å²) in [4.78, 5) is 26.8. The molecule has 0 fully saturated rings. The Kier molecular flexibility index (Phi) is 9.83. The Morgan fingerprint density at radius 1 is 1.03 bits per heavy atom. The number of rotatable bonds is 11. The molecule has 0 aliphatic rings. The third-order valence-electron chi connectivity index (χ3n) is 4.82. The lowest BCUT2D eigenvalue weighted by atomic mass is 10.1. The number of carbonyl (C=O) groups excluding carboxylic acids is 2. The highest BCUT2D eigenvalue weighted by Gasteiger charge is 2.16. The van der Waals surface area contributed by atoms with Crippen molar-refractivity contribution in [1.29, 1.82) is 0 Å². The number of amides is 2. The third kappa shape index (κ3) is 7.80. The summed E-state index contributed by atoms with van der Waals surface area (Å²) >= 11 is 1.27. The van der Waals surface area contributed by atoms with Crippen molar-refractivity contribution < 1.29 is 14.0 Å². The predicted molar refractivity (Wildman–Crippen MR) is 122 cm³/mol. The fourth-order valence-electron chi connectivity index (χ4n) is 2.91. The second kappa shape index (κ2) is 12.3. The van der Waals surface area contributed by atoms with E-state index in [0.29, 0.717) is 12.2 Å².